The fourth-order valence-electron chi connectivity index (χ4n) is 1.08. The van der Waals surface area contributed by atoms with Crippen molar-refractivity contribution < 1.29 is 0 Å². The van der Waals surface area contributed by atoms with Gasteiger partial charge in [0.15, 0.2) is 0 Å². The van der Waals surface area contributed by atoms with Gasteiger partial charge in [-0.3, -0.25) is 9.97 Å². The van der Waals surface area contributed by atoms with Gasteiger partial charge in [0.25, 0.3) is 0 Å². The first-order valence-corrected chi connectivity index (χ1v) is 3.84. The van der Waals surface area contributed by atoms with Crippen LogP contribution in [0.4, 0.5) is 0 Å². The summed E-state index contributed by atoms with van der Waals surface area (Å²) >= 11 is 0. The highest BCUT2D eigenvalue weighted by Crippen LogP contribution is 1.98. The summed E-state index contributed by atoms with van der Waals surface area (Å²) in [6.45, 7) is 1.73. The number of aromatic nitrogens is 4. The third-order valence-corrected chi connectivity index (χ3v) is 1.62. The van der Waals surface area contributed by atoms with Crippen LogP contribution < -0.4 is 5.69 Å². The number of nitrogens with one attached hydrogen (secondary N) is 1. The summed E-state index contributed by atoms with van der Waals surface area (Å²) in [5, 5.41) is 3.99. The van der Waals surface area contributed by atoms with E-state index in [4.69, 9.17) is 0 Å². The van der Waals surface area contributed by atoms with E-state index in [2.05, 4.69) is 15.1 Å². The molecule has 0 aliphatic rings. The molecule has 0 unspecified atom stereocenters. The zero-order chi connectivity index (χ0) is 9.26. The maximum atomic E-state index is 11.3. The first-order chi connectivity index (χ1) is 6.27. The van der Waals surface area contributed by atoms with E-state index in [9.17, 15) is 4.79 Å². The molecule has 1 N–H and O–H groups in total. The molecule has 0 spiro atoms. The minimum atomic E-state index is -0.245. The molecule has 13 heavy (non-hydrogen) atoms. The highest BCUT2D eigenvalue weighted by molar-refractivity contribution is 5.25. The molecule has 0 aliphatic carbocycles. The Balaban J connectivity index is 2.59. The third kappa shape index (κ3) is 1.35. The Bertz CT molecular complexity index is 456. The highest BCUT2D eigenvalue weighted by atomic mass is 16.1. The summed E-state index contributed by atoms with van der Waals surface area (Å²) < 4.78 is 1.28. The molecule has 2 rings (SSSR count). The number of nitrogens with zero attached hydrogens (tertiary/aromatic N) is 3. The van der Waals surface area contributed by atoms with Gasteiger partial charge >= 0.3 is 5.69 Å². The Morgan fingerprint density at radius 2 is 2.38 bits per heavy atom. The molecule has 2 aromatic rings. The maximum absolute atomic E-state index is 11.3. The fourth-order valence-corrected chi connectivity index (χ4v) is 1.08. The van der Waals surface area contributed by atoms with E-state index in [1.807, 2.05) is 0 Å². The number of pyridine rings is 1. The van der Waals surface area contributed by atoms with E-state index in [1.54, 1.807) is 31.5 Å². The second-order valence-corrected chi connectivity index (χ2v) is 2.64. The molecule has 0 saturated heterocycles. The van der Waals surface area contributed by atoms with Gasteiger partial charge in [-0.25, -0.2) is 4.79 Å². The summed E-state index contributed by atoms with van der Waals surface area (Å²) in [5.41, 5.74) is 0.419. The molecule has 2 heterocycles. The molecular formula is C8H8N4O. The molecule has 0 bridgehead atoms. The van der Waals surface area contributed by atoms with Crippen LogP contribution in [0.1, 0.15) is 5.82 Å². The van der Waals surface area contributed by atoms with Crippen molar-refractivity contribution in [1.29, 1.82) is 0 Å². The third-order valence-electron chi connectivity index (χ3n) is 1.62. The van der Waals surface area contributed by atoms with Gasteiger partial charge in [0.05, 0.1) is 11.9 Å². The highest BCUT2D eigenvalue weighted by Gasteiger charge is 2.02. The lowest BCUT2D eigenvalue weighted by atomic mass is 10.4. The molecule has 0 aromatic carbocycles. The van der Waals surface area contributed by atoms with Crippen LogP contribution in [-0.2, 0) is 0 Å². The van der Waals surface area contributed by atoms with Gasteiger partial charge < -0.3 is 0 Å². The zero-order valence-corrected chi connectivity index (χ0v) is 7.06. The molecule has 5 nitrogen and oxygen atoms in total. The summed E-state index contributed by atoms with van der Waals surface area (Å²) in [6.07, 6.45) is 3.23. The zero-order valence-electron chi connectivity index (χ0n) is 7.06. The van der Waals surface area contributed by atoms with Gasteiger partial charge in [-0.15, -0.1) is 0 Å². The minimum Gasteiger partial charge on any atom is -0.293 e. The Labute approximate surface area is 74.1 Å². The van der Waals surface area contributed by atoms with Gasteiger partial charge in [-0.2, -0.15) is 9.78 Å². The number of hydrogen-bond acceptors (Lipinski definition) is 3. The number of H-pyrrole nitrogens is 1. The van der Waals surface area contributed by atoms with E-state index >= 15 is 0 Å². The van der Waals surface area contributed by atoms with Crippen molar-refractivity contribution in [1.82, 2.24) is 19.7 Å². The number of aryl methyl sites for hydroxylation is 1. The molecule has 0 atom stereocenters. The number of aromatic amines is 1. The average molecular weight is 176 g/mol. The van der Waals surface area contributed by atoms with Crippen LogP contribution in [0.25, 0.3) is 5.69 Å². The lowest BCUT2D eigenvalue weighted by Gasteiger charge is -1.95. The van der Waals surface area contributed by atoms with Crippen LogP contribution >= 0.6 is 0 Å². The summed E-state index contributed by atoms with van der Waals surface area (Å²) in [6, 6.07) is 3.53. The second kappa shape index (κ2) is 2.85. The summed E-state index contributed by atoms with van der Waals surface area (Å²) in [7, 11) is 0. The standard InChI is InChI=1S/C8H8N4O/c1-6-10-8(13)12(11-6)7-3-2-4-9-5-7/h2-5H,1H3,(H,10,11,13). The van der Waals surface area contributed by atoms with E-state index in [-0.39, 0.29) is 5.69 Å². The van der Waals surface area contributed by atoms with Crippen LogP contribution in [0.2, 0.25) is 0 Å². The Morgan fingerprint density at radius 3 is 2.92 bits per heavy atom. The van der Waals surface area contributed by atoms with E-state index in [1.165, 1.54) is 4.68 Å². The molecule has 0 saturated carbocycles. The topological polar surface area (TPSA) is 63.6 Å². The van der Waals surface area contributed by atoms with Gasteiger partial charge in [0.1, 0.15) is 5.82 Å². The molecule has 66 valence electrons. The minimum absolute atomic E-state index is 0.245. The Morgan fingerprint density at radius 1 is 1.54 bits per heavy atom. The maximum Gasteiger partial charge on any atom is 0.348 e. The molecule has 0 fully saturated rings. The van der Waals surface area contributed by atoms with E-state index in [0.29, 0.717) is 11.5 Å². The number of rotatable bonds is 1. The predicted molar refractivity (Wildman–Crippen MR) is 46.7 cm³/mol. The first-order valence-electron chi connectivity index (χ1n) is 3.84. The van der Waals surface area contributed by atoms with Crippen molar-refractivity contribution >= 4 is 0 Å². The van der Waals surface area contributed by atoms with Gasteiger partial charge in [-0.05, 0) is 19.1 Å². The monoisotopic (exact) mass is 176 g/mol. The average Bonchev–Trinajstić information content (AvgIpc) is 2.47. The molecule has 0 amide bonds. The van der Waals surface area contributed by atoms with Crippen LogP contribution in [0.3, 0.4) is 0 Å². The number of hydrogen-bond donors (Lipinski definition) is 1. The van der Waals surface area contributed by atoms with Crippen molar-refractivity contribution in [3.63, 3.8) is 0 Å². The van der Waals surface area contributed by atoms with E-state index in [0.717, 1.165) is 0 Å². The Hall–Kier alpha value is -1.91. The van der Waals surface area contributed by atoms with Gasteiger partial charge in [-0.1, -0.05) is 0 Å². The molecule has 0 radical (unpaired) electrons. The fraction of sp³-hybridized carbons (Fsp3) is 0.125. The van der Waals surface area contributed by atoms with Crippen molar-refractivity contribution in [3.05, 3.63) is 40.8 Å². The Kier molecular flexibility index (Phi) is 1.70. The summed E-state index contributed by atoms with van der Waals surface area (Å²) in [4.78, 5) is 17.7. The molecular weight excluding hydrogens is 168 g/mol. The lowest BCUT2D eigenvalue weighted by Crippen LogP contribution is -2.15. The van der Waals surface area contributed by atoms with Crippen molar-refractivity contribution in [3.8, 4) is 5.69 Å². The second-order valence-electron chi connectivity index (χ2n) is 2.64. The van der Waals surface area contributed by atoms with Crippen molar-refractivity contribution in [2.75, 3.05) is 0 Å². The predicted octanol–water partition coefficient (Wildman–Crippen LogP) is 0.264. The smallest absolute Gasteiger partial charge is 0.293 e. The van der Waals surface area contributed by atoms with Crippen LogP contribution in [0.15, 0.2) is 29.3 Å². The van der Waals surface area contributed by atoms with Crippen molar-refractivity contribution in [2.24, 2.45) is 0 Å². The van der Waals surface area contributed by atoms with Gasteiger partial charge in [0, 0.05) is 6.20 Å². The normalized spacial score (nSPS) is 10.2. The molecule has 2 aromatic heterocycles. The van der Waals surface area contributed by atoms with Gasteiger partial charge in [0.2, 0.25) is 0 Å². The molecule has 5 heteroatoms. The van der Waals surface area contributed by atoms with Crippen LogP contribution in [0.5, 0.6) is 0 Å². The van der Waals surface area contributed by atoms with Crippen LogP contribution in [0, 0.1) is 6.92 Å². The SMILES string of the molecule is Cc1nn(-c2cccnc2)c(=O)[nH]1. The molecule has 0 aliphatic heterocycles. The first kappa shape index (κ1) is 7.72. The summed E-state index contributed by atoms with van der Waals surface area (Å²) in [5.74, 6) is 0.592. The quantitative estimate of drug-likeness (QED) is 0.678. The van der Waals surface area contributed by atoms with Crippen LogP contribution in [-0.4, -0.2) is 19.7 Å². The van der Waals surface area contributed by atoms with E-state index < -0.39 is 0 Å². The van der Waals surface area contributed by atoms with Crippen molar-refractivity contribution in [2.45, 2.75) is 6.92 Å². The largest absolute Gasteiger partial charge is 0.348 e. The lowest BCUT2D eigenvalue weighted by molar-refractivity contribution is 0.828.